The van der Waals surface area contributed by atoms with Crippen molar-refractivity contribution in [2.24, 2.45) is 5.92 Å². The number of halogens is 1. The Hall–Kier alpha value is -0.290. The molecule has 0 amide bonds. The van der Waals surface area contributed by atoms with Gasteiger partial charge in [0.1, 0.15) is 5.03 Å². The van der Waals surface area contributed by atoms with Gasteiger partial charge >= 0.3 is 0 Å². The van der Waals surface area contributed by atoms with Crippen molar-refractivity contribution in [1.82, 2.24) is 10.3 Å². The smallest absolute Gasteiger partial charge is 0.115 e. The van der Waals surface area contributed by atoms with Gasteiger partial charge in [0.05, 0.1) is 11.6 Å². The van der Waals surface area contributed by atoms with Crippen LogP contribution in [0.2, 0.25) is 5.02 Å². The zero-order valence-electron chi connectivity index (χ0n) is 12.6. The average Bonchev–Trinajstić information content (AvgIpc) is 2.90. The molecule has 1 aromatic heterocycles. The molecule has 0 saturated heterocycles. The molecule has 0 spiro atoms. The molecule has 1 saturated carbocycles. The monoisotopic (exact) mass is 328 g/mol. The molecule has 2 N–H and O–H groups in total. The molecular weight excluding hydrogens is 304 g/mol. The average molecular weight is 329 g/mol. The van der Waals surface area contributed by atoms with E-state index < -0.39 is 0 Å². The van der Waals surface area contributed by atoms with Crippen LogP contribution in [0.3, 0.4) is 0 Å². The first-order chi connectivity index (χ1) is 10.2. The van der Waals surface area contributed by atoms with Gasteiger partial charge in [-0.05, 0) is 56.0 Å². The normalized spacial score (nSPS) is 25.4. The number of thioether (sulfide) groups is 1. The van der Waals surface area contributed by atoms with Gasteiger partial charge in [0.25, 0.3) is 0 Å². The summed E-state index contributed by atoms with van der Waals surface area (Å²) >= 11 is 7.85. The Morgan fingerprint density at radius 1 is 1.57 bits per heavy atom. The highest BCUT2D eigenvalue weighted by atomic mass is 35.5. The molecule has 118 valence electrons. The third-order valence-electron chi connectivity index (χ3n) is 4.40. The predicted octanol–water partition coefficient (Wildman–Crippen LogP) is 3.75. The zero-order chi connectivity index (χ0) is 15.1. The summed E-state index contributed by atoms with van der Waals surface area (Å²) < 4.78 is 0. The third kappa shape index (κ3) is 4.35. The lowest BCUT2D eigenvalue weighted by molar-refractivity contribution is 0.122. The van der Waals surface area contributed by atoms with Crippen molar-refractivity contribution in [2.75, 3.05) is 18.9 Å². The molecule has 1 aliphatic carbocycles. The van der Waals surface area contributed by atoms with Crippen LogP contribution in [-0.2, 0) is 0 Å². The van der Waals surface area contributed by atoms with E-state index in [4.69, 9.17) is 11.6 Å². The van der Waals surface area contributed by atoms with Crippen LogP contribution in [0.15, 0.2) is 23.4 Å². The van der Waals surface area contributed by atoms with Gasteiger partial charge in [-0.25, -0.2) is 4.98 Å². The van der Waals surface area contributed by atoms with Crippen LogP contribution in [0.5, 0.6) is 0 Å². The zero-order valence-corrected chi connectivity index (χ0v) is 14.2. The topological polar surface area (TPSA) is 45.1 Å². The first-order valence-electron chi connectivity index (χ1n) is 7.81. The maximum Gasteiger partial charge on any atom is 0.115 e. The number of hydrogen-bond acceptors (Lipinski definition) is 4. The van der Waals surface area contributed by atoms with Crippen LogP contribution < -0.4 is 5.32 Å². The van der Waals surface area contributed by atoms with E-state index in [-0.39, 0.29) is 12.1 Å². The molecule has 0 bridgehead atoms. The second-order valence-electron chi connectivity index (χ2n) is 5.76. The third-order valence-corrected chi connectivity index (χ3v) is 5.85. The number of aliphatic hydroxyl groups is 1. The summed E-state index contributed by atoms with van der Waals surface area (Å²) in [5, 5.41) is 15.1. The Kier molecular flexibility index (Phi) is 6.80. The van der Waals surface area contributed by atoms with E-state index in [2.05, 4.69) is 17.2 Å². The Morgan fingerprint density at radius 3 is 3.14 bits per heavy atom. The van der Waals surface area contributed by atoms with Crippen molar-refractivity contribution in [1.29, 1.82) is 0 Å². The summed E-state index contributed by atoms with van der Waals surface area (Å²) in [5.74, 6) is 1.54. The van der Waals surface area contributed by atoms with Gasteiger partial charge in [-0.15, -0.1) is 11.8 Å². The fraction of sp³-hybridized carbons (Fsp3) is 0.688. The van der Waals surface area contributed by atoms with E-state index in [1.807, 2.05) is 12.1 Å². The molecule has 0 aromatic carbocycles. The molecule has 0 radical (unpaired) electrons. The lowest BCUT2D eigenvalue weighted by Crippen LogP contribution is -2.51. The maximum atomic E-state index is 9.87. The summed E-state index contributed by atoms with van der Waals surface area (Å²) in [5.41, 5.74) is -0.0650. The summed E-state index contributed by atoms with van der Waals surface area (Å²) in [6, 6.07) is 3.74. The summed E-state index contributed by atoms with van der Waals surface area (Å²) in [4.78, 5) is 4.31. The number of rotatable bonds is 8. The lowest BCUT2D eigenvalue weighted by atomic mass is 9.85. The quantitative estimate of drug-likeness (QED) is 0.713. The number of aromatic nitrogens is 1. The minimum atomic E-state index is -0.0650. The highest BCUT2D eigenvalue weighted by Gasteiger charge is 2.41. The van der Waals surface area contributed by atoms with E-state index in [1.54, 1.807) is 18.0 Å². The van der Waals surface area contributed by atoms with E-state index in [1.165, 1.54) is 12.8 Å². The number of pyridine rings is 1. The van der Waals surface area contributed by atoms with Crippen LogP contribution in [0.1, 0.15) is 39.0 Å². The number of hydrogen-bond donors (Lipinski definition) is 2. The number of nitrogens with zero attached hydrogens (tertiary/aromatic N) is 1. The molecule has 1 aliphatic rings. The lowest BCUT2D eigenvalue weighted by Gasteiger charge is -2.35. The van der Waals surface area contributed by atoms with Crippen molar-refractivity contribution in [3.8, 4) is 0 Å². The highest BCUT2D eigenvalue weighted by molar-refractivity contribution is 7.99. The molecule has 2 atom stereocenters. The minimum absolute atomic E-state index is 0.0650. The van der Waals surface area contributed by atoms with Crippen molar-refractivity contribution in [2.45, 2.75) is 49.6 Å². The largest absolute Gasteiger partial charge is 0.394 e. The molecule has 3 nitrogen and oxygen atoms in total. The standard InChI is InChI=1S/C16H25ClN2OS/c1-2-9-19-16(12-20)8-3-5-13(16)7-11-21-15-14(17)6-4-10-18-15/h4,6,10,13,19-20H,2-3,5,7-9,11-12H2,1H3. The van der Waals surface area contributed by atoms with Crippen LogP contribution in [-0.4, -0.2) is 34.5 Å². The summed E-state index contributed by atoms with van der Waals surface area (Å²) in [6.07, 6.45) is 7.47. The first kappa shape index (κ1) is 17.1. The Labute approximate surface area is 136 Å². The fourth-order valence-electron chi connectivity index (χ4n) is 3.21. The minimum Gasteiger partial charge on any atom is -0.394 e. The molecule has 1 heterocycles. The Morgan fingerprint density at radius 2 is 2.43 bits per heavy atom. The van der Waals surface area contributed by atoms with Crippen molar-refractivity contribution >= 4 is 23.4 Å². The van der Waals surface area contributed by atoms with Crippen LogP contribution in [0.25, 0.3) is 0 Å². The maximum absolute atomic E-state index is 9.87. The number of aliphatic hydroxyl groups excluding tert-OH is 1. The predicted molar refractivity (Wildman–Crippen MR) is 90.0 cm³/mol. The van der Waals surface area contributed by atoms with E-state index in [9.17, 15) is 5.11 Å². The molecule has 0 aliphatic heterocycles. The second kappa shape index (κ2) is 8.37. The van der Waals surface area contributed by atoms with Gasteiger partial charge in [-0.1, -0.05) is 24.9 Å². The van der Waals surface area contributed by atoms with Gasteiger partial charge in [-0.2, -0.15) is 0 Å². The molecule has 1 fully saturated rings. The molecule has 21 heavy (non-hydrogen) atoms. The van der Waals surface area contributed by atoms with Crippen molar-refractivity contribution < 1.29 is 5.11 Å². The van der Waals surface area contributed by atoms with Gasteiger partial charge in [-0.3, -0.25) is 0 Å². The van der Waals surface area contributed by atoms with E-state index in [0.717, 1.165) is 41.6 Å². The van der Waals surface area contributed by atoms with Gasteiger partial charge in [0.15, 0.2) is 0 Å². The molecular formula is C16H25ClN2OS. The molecule has 2 unspecified atom stereocenters. The van der Waals surface area contributed by atoms with Gasteiger partial charge < -0.3 is 10.4 Å². The summed E-state index contributed by atoms with van der Waals surface area (Å²) in [7, 11) is 0. The van der Waals surface area contributed by atoms with Crippen molar-refractivity contribution in [3.05, 3.63) is 23.4 Å². The molecule has 5 heteroatoms. The first-order valence-corrected chi connectivity index (χ1v) is 9.17. The number of nitrogens with one attached hydrogen (secondary N) is 1. The Bertz CT molecular complexity index is 446. The molecule has 2 rings (SSSR count). The fourth-order valence-corrected chi connectivity index (χ4v) is 4.43. The molecule has 1 aromatic rings. The van der Waals surface area contributed by atoms with Crippen LogP contribution in [0, 0.1) is 5.92 Å². The van der Waals surface area contributed by atoms with Crippen LogP contribution >= 0.6 is 23.4 Å². The van der Waals surface area contributed by atoms with E-state index in [0.29, 0.717) is 5.92 Å². The van der Waals surface area contributed by atoms with Gasteiger partial charge in [0.2, 0.25) is 0 Å². The van der Waals surface area contributed by atoms with E-state index >= 15 is 0 Å². The second-order valence-corrected chi connectivity index (χ2v) is 7.25. The van der Waals surface area contributed by atoms with Crippen LogP contribution in [0.4, 0.5) is 0 Å². The van der Waals surface area contributed by atoms with Crippen molar-refractivity contribution in [3.63, 3.8) is 0 Å². The SMILES string of the molecule is CCCNC1(CO)CCCC1CCSc1ncccc1Cl. The summed E-state index contributed by atoms with van der Waals surface area (Å²) in [6.45, 7) is 3.39. The Balaban J connectivity index is 1.88. The van der Waals surface area contributed by atoms with Gasteiger partial charge in [0, 0.05) is 11.7 Å². The highest BCUT2D eigenvalue weighted by Crippen LogP contribution is 2.39.